The molecule has 32 heavy (non-hydrogen) atoms. The number of aromatic nitrogens is 3. The monoisotopic (exact) mass is 431 g/mol. The van der Waals surface area contributed by atoms with Crippen molar-refractivity contribution < 1.29 is 9.84 Å². The number of aliphatic hydroxyl groups is 1. The zero-order valence-corrected chi connectivity index (χ0v) is 18.4. The predicted molar refractivity (Wildman–Crippen MR) is 125 cm³/mol. The Bertz CT molecular complexity index is 1100. The molecule has 0 amide bonds. The summed E-state index contributed by atoms with van der Waals surface area (Å²) in [6.07, 6.45) is 5.11. The topological polar surface area (TPSA) is 80.5 Å². The molecule has 3 aromatic rings. The van der Waals surface area contributed by atoms with E-state index in [2.05, 4.69) is 33.2 Å². The Balaban J connectivity index is 1.34. The summed E-state index contributed by atoms with van der Waals surface area (Å²) in [6.45, 7) is 5.50. The first-order chi connectivity index (χ1) is 15.6. The Morgan fingerprint density at radius 2 is 2.03 bits per heavy atom. The van der Waals surface area contributed by atoms with Crippen molar-refractivity contribution in [2.45, 2.75) is 39.4 Å². The molecule has 0 saturated carbocycles. The van der Waals surface area contributed by atoms with Gasteiger partial charge in [0, 0.05) is 38.4 Å². The Morgan fingerprint density at radius 3 is 2.78 bits per heavy atom. The van der Waals surface area contributed by atoms with Crippen LogP contribution < -0.4 is 15.8 Å². The summed E-state index contributed by atoms with van der Waals surface area (Å²) in [5.41, 5.74) is 5.53. The minimum Gasteiger partial charge on any atom is -0.485 e. The van der Waals surface area contributed by atoms with E-state index >= 15 is 0 Å². The van der Waals surface area contributed by atoms with Crippen LogP contribution in [0, 0.1) is 0 Å². The van der Waals surface area contributed by atoms with Crippen LogP contribution in [-0.2, 0) is 32.5 Å². The highest BCUT2D eigenvalue weighted by molar-refractivity contribution is 6.51. The van der Waals surface area contributed by atoms with Crippen molar-refractivity contribution in [3.8, 4) is 5.75 Å². The number of pyridine rings is 1. The molecule has 8 heteroatoms. The first-order valence-corrected chi connectivity index (χ1v) is 11.0. The van der Waals surface area contributed by atoms with Gasteiger partial charge in [-0.25, -0.2) is 4.68 Å². The highest BCUT2D eigenvalue weighted by Crippen LogP contribution is 2.20. The van der Waals surface area contributed by atoms with Crippen LogP contribution in [0.1, 0.15) is 22.4 Å². The normalized spacial score (nSPS) is 13.6. The maximum Gasteiger partial charge on any atom is 0.270 e. The third-order valence-electron chi connectivity index (χ3n) is 5.80. The van der Waals surface area contributed by atoms with Gasteiger partial charge >= 0.3 is 0 Å². The average molecular weight is 431 g/mol. The van der Waals surface area contributed by atoms with E-state index in [1.54, 1.807) is 12.4 Å². The van der Waals surface area contributed by atoms with Crippen LogP contribution in [0.4, 0.5) is 0 Å². The molecular weight excluding hydrogens is 403 g/mol. The van der Waals surface area contributed by atoms with Gasteiger partial charge < -0.3 is 9.84 Å². The van der Waals surface area contributed by atoms with Gasteiger partial charge in [-0.3, -0.25) is 14.7 Å². The van der Waals surface area contributed by atoms with Gasteiger partial charge in [0.15, 0.2) is 0 Å². The van der Waals surface area contributed by atoms with Gasteiger partial charge in [0.05, 0.1) is 18.5 Å². The molecule has 1 aliphatic rings. The van der Waals surface area contributed by atoms with Gasteiger partial charge in [-0.05, 0) is 35.6 Å². The summed E-state index contributed by atoms with van der Waals surface area (Å²) >= 11 is 0. The molecule has 1 aliphatic heterocycles. The third kappa shape index (κ3) is 5.63. The lowest BCUT2D eigenvalue weighted by molar-refractivity contribution is 0.184. The van der Waals surface area contributed by atoms with Gasteiger partial charge in [0.25, 0.3) is 5.56 Å². The van der Waals surface area contributed by atoms with Crippen molar-refractivity contribution >= 4 is 12.7 Å². The molecular formula is C24H28BN4O3. The number of hydrogen-bond acceptors (Lipinski definition) is 6. The van der Waals surface area contributed by atoms with E-state index in [9.17, 15) is 9.90 Å². The molecule has 0 unspecified atom stereocenters. The maximum atomic E-state index is 12.5. The minimum atomic E-state index is -0.182. The number of ether oxygens (including phenoxy) is 1. The molecule has 1 N–H and O–H groups in total. The molecule has 7 nitrogen and oxygen atoms in total. The van der Waals surface area contributed by atoms with Gasteiger partial charge in [0.1, 0.15) is 19.6 Å². The summed E-state index contributed by atoms with van der Waals surface area (Å²) in [5, 5.41) is 13.5. The molecule has 2 aromatic heterocycles. The zero-order valence-electron chi connectivity index (χ0n) is 18.4. The van der Waals surface area contributed by atoms with E-state index in [1.807, 2.05) is 26.2 Å². The molecule has 1 aromatic carbocycles. The zero-order chi connectivity index (χ0) is 22.3. The third-order valence-corrected chi connectivity index (χ3v) is 5.80. The lowest BCUT2D eigenvalue weighted by atomic mass is 9.74. The Morgan fingerprint density at radius 1 is 1.12 bits per heavy atom. The van der Waals surface area contributed by atoms with Crippen molar-refractivity contribution in [3.05, 3.63) is 81.5 Å². The number of aliphatic hydroxyl groups excluding tert-OH is 1. The Hall–Kier alpha value is -2.97. The summed E-state index contributed by atoms with van der Waals surface area (Å²) in [7, 11) is 1.98. The van der Waals surface area contributed by atoms with E-state index in [-0.39, 0.29) is 18.8 Å². The van der Waals surface area contributed by atoms with Gasteiger partial charge in [0.2, 0.25) is 0 Å². The molecule has 4 rings (SSSR count). The number of hydrogen-bond donors (Lipinski definition) is 1. The highest BCUT2D eigenvalue weighted by Gasteiger charge is 2.16. The fraction of sp³-hybridized carbons (Fsp3) is 0.375. The van der Waals surface area contributed by atoms with Crippen molar-refractivity contribution in [1.29, 1.82) is 0 Å². The van der Waals surface area contributed by atoms with Crippen molar-refractivity contribution in [2.24, 2.45) is 0 Å². The summed E-state index contributed by atoms with van der Waals surface area (Å²) in [5.74, 6) is 0.442. The van der Waals surface area contributed by atoms with Crippen molar-refractivity contribution in [1.82, 2.24) is 19.7 Å². The molecule has 0 spiro atoms. The molecule has 1 radical (unpaired) electrons. The largest absolute Gasteiger partial charge is 0.485 e. The molecule has 0 saturated heterocycles. The number of aryl methyl sites for hydroxylation is 2. The molecule has 0 bridgehead atoms. The van der Waals surface area contributed by atoms with Gasteiger partial charge in [-0.15, -0.1) is 0 Å². The fourth-order valence-electron chi connectivity index (χ4n) is 3.90. The van der Waals surface area contributed by atoms with Crippen LogP contribution in [0.5, 0.6) is 5.75 Å². The van der Waals surface area contributed by atoms with E-state index in [0.717, 1.165) is 37.1 Å². The number of fused-ring (bicyclic) bond motifs is 1. The second-order valence-electron chi connectivity index (χ2n) is 8.02. The number of nitrogens with zero attached hydrogens (tertiary/aromatic N) is 4. The number of rotatable bonds is 9. The number of β-amino-alcohol motifs (C(OH)–C–C–N with tert-alkyl or cyclic N) is 1. The smallest absolute Gasteiger partial charge is 0.270 e. The Labute approximate surface area is 188 Å². The highest BCUT2D eigenvalue weighted by atomic mass is 16.5. The van der Waals surface area contributed by atoms with E-state index < -0.39 is 0 Å². The second-order valence-corrected chi connectivity index (χ2v) is 8.02. The van der Waals surface area contributed by atoms with Crippen LogP contribution in [0.2, 0.25) is 6.82 Å². The van der Waals surface area contributed by atoms with Crippen LogP contribution in [0.3, 0.4) is 0 Å². The Kier molecular flexibility index (Phi) is 7.34. The van der Waals surface area contributed by atoms with Crippen molar-refractivity contribution in [3.63, 3.8) is 0 Å². The summed E-state index contributed by atoms with van der Waals surface area (Å²) in [4.78, 5) is 19.1. The molecule has 165 valence electrons. The van der Waals surface area contributed by atoms with Gasteiger partial charge in [-0.1, -0.05) is 36.6 Å². The van der Waals surface area contributed by atoms with Crippen LogP contribution in [-0.4, -0.2) is 51.7 Å². The van der Waals surface area contributed by atoms with Gasteiger partial charge in [-0.2, -0.15) is 5.10 Å². The first-order valence-electron chi connectivity index (χ1n) is 11.0. The predicted octanol–water partition coefficient (Wildman–Crippen LogP) is 1.19. The fourth-order valence-corrected chi connectivity index (χ4v) is 3.90. The molecule has 0 atom stereocenters. The molecule has 0 aliphatic carbocycles. The van der Waals surface area contributed by atoms with E-state index in [1.165, 1.54) is 27.4 Å². The lowest BCUT2D eigenvalue weighted by Crippen LogP contribution is -2.32. The van der Waals surface area contributed by atoms with Crippen LogP contribution in [0.25, 0.3) is 0 Å². The summed E-state index contributed by atoms with van der Waals surface area (Å²) in [6, 6.07) is 11.9. The average Bonchev–Trinajstić information content (AvgIpc) is 2.82. The quantitative estimate of drug-likeness (QED) is 0.513. The van der Waals surface area contributed by atoms with E-state index in [4.69, 9.17) is 4.74 Å². The first kappa shape index (κ1) is 22.2. The van der Waals surface area contributed by atoms with Crippen LogP contribution >= 0.6 is 0 Å². The standard InChI is InChI=1S/C24H28BN4O3/c1-25-21-4-5-22(26-14-21)17-32-23-13-24(31)29(27-15-23)9-6-18-2-3-19-7-8-28(10-11-30)16-20(19)12-18/h2-5,12-15,30H,6-11,16-17H2,1H3. The van der Waals surface area contributed by atoms with E-state index in [0.29, 0.717) is 18.8 Å². The SMILES string of the molecule is C[B]c1ccc(COc2cnn(CCc3ccc4c(c3)CN(CCO)CC4)c(=O)c2)nc1. The molecule has 0 fully saturated rings. The lowest BCUT2D eigenvalue weighted by Gasteiger charge is -2.28. The minimum absolute atomic E-state index is 0.182. The summed E-state index contributed by atoms with van der Waals surface area (Å²) < 4.78 is 7.15. The molecule has 3 heterocycles. The van der Waals surface area contributed by atoms with Crippen molar-refractivity contribution in [2.75, 3.05) is 19.7 Å². The maximum absolute atomic E-state index is 12.5. The second kappa shape index (κ2) is 10.6. The number of benzene rings is 1. The van der Waals surface area contributed by atoms with Crippen LogP contribution in [0.15, 0.2) is 53.6 Å².